The van der Waals surface area contributed by atoms with E-state index < -0.39 is 0 Å². The number of hydrogen-bond acceptors (Lipinski definition) is 3. The molecule has 0 bridgehead atoms. The Morgan fingerprint density at radius 3 is 2.74 bits per heavy atom. The monoisotopic (exact) mass is 280 g/mol. The number of nitrogens with zero attached hydrogens (tertiary/aromatic N) is 1. The number of piperidine rings is 1. The summed E-state index contributed by atoms with van der Waals surface area (Å²) in [5.74, 6) is 0.297. The molecule has 1 aromatic heterocycles. The Morgan fingerprint density at radius 1 is 1.42 bits per heavy atom. The molecule has 1 aliphatic heterocycles. The molecule has 0 spiro atoms. The van der Waals surface area contributed by atoms with Gasteiger partial charge in [0.1, 0.15) is 0 Å². The van der Waals surface area contributed by atoms with Crippen LogP contribution in [0.3, 0.4) is 0 Å². The van der Waals surface area contributed by atoms with E-state index in [1.807, 2.05) is 29.3 Å². The molecule has 1 aromatic rings. The molecule has 1 aliphatic rings. The number of carbonyl (C=O) groups excluding carboxylic acids is 2. The molecule has 0 aliphatic carbocycles. The lowest BCUT2D eigenvalue weighted by atomic mass is 10.0. The van der Waals surface area contributed by atoms with Gasteiger partial charge in [0.2, 0.25) is 11.8 Å². The van der Waals surface area contributed by atoms with E-state index >= 15 is 0 Å². The van der Waals surface area contributed by atoms with Gasteiger partial charge in [-0.15, -0.1) is 11.3 Å². The van der Waals surface area contributed by atoms with Gasteiger partial charge < -0.3 is 10.2 Å². The Balaban J connectivity index is 1.76. The smallest absolute Gasteiger partial charge is 0.227 e. The van der Waals surface area contributed by atoms with Crippen molar-refractivity contribution in [1.82, 2.24) is 10.2 Å². The Kier molecular flexibility index (Phi) is 4.96. The highest BCUT2D eigenvalue weighted by molar-refractivity contribution is 7.10. The number of likely N-dealkylation sites (tertiary alicyclic amines) is 1. The van der Waals surface area contributed by atoms with Crippen molar-refractivity contribution < 1.29 is 9.59 Å². The molecule has 1 fully saturated rings. The lowest BCUT2D eigenvalue weighted by Crippen LogP contribution is -2.46. The molecule has 0 radical (unpaired) electrons. The third kappa shape index (κ3) is 4.06. The highest BCUT2D eigenvalue weighted by Gasteiger charge is 2.23. The molecular weight excluding hydrogens is 260 g/mol. The van der Waals surface area contributed by atoms with Crippen LogP contribution in [-0.2, 0) is 16.0 Å². The highest BCUT2D eigenvalue weighted by Crippen LogP contribution is 2.15. The summed E-state index contributed by atoms with van der Waals surface area (Å²) in [6.07, 6.45) is 2.75. The summed E-state index contributed by atoms with van der Waals surface area (Å²) in [5, 5.41) is 4.99. The van der Waals surface area contributed by atoms with E-state index in [4.69, 9.17) is 0 Å². The first-order valence-electron chi connectivity index (χ1n) is 6.78. The molecule has 1 N–H and O–H groups in total. The summed E-state index contributed by atoms with van der Waals surface area (Å²) in [7, 11) is 0. The fourth-order valence-corrected chi connectivity index (χ4v) is 2.97. The average molecular weight is 280 g/mol. The SMILES string of the molecule is CCC(=O)NC1CCN(C(=O)Cc2cccs2)CC1. The summed E-state index contributed by atoms with van der Waals surface area (Å²) in [6, 6.07) is 4.20. The van der Waals surface area contributed by atoms with Crippen molar-refractivity contribution in [3.8, 4) is 0 Å². The molecule has 1 saturated heterocycles. The van der Waals surface area contributed by atoms with Crippen molar-refractivity contribution in [2.24, 2.45) is 0 Å². The van der Waals surface area contributed by atoms with Crippen LogP contribution in [0.5, 0.6) is 0 Å². The minimum Gasteiger partial charge on any atom is -0.353 e. The molecule has 4 nitrogen and oxygen atoms in total. The van der Waals surface area contributed by atoms with Crippen LogP contribution in [0.2, 0.25) is 0 Å². The van der Waals surface area contributed by atoms with E-state index in [1.54, 1.807) is 11.3 Å². The van der Waals surface area contributed by atoms with Crippen molar-refractivity contribution in [3.05, 3.63) is 22.4 Å². The predicted octanol–water partition coefficient (Wildman–Crippen LogP) is 1.81. The van der Waals surface area contributed by atoms with Gasteiger partial charge in [-0.2, -0.15) is 0 Å². The maximum atomic E-state index is 12.1. The molecule has 0 aromatic carbocycles. The van der Waals surface area contributed by atoms with Crippen LogP contribution in [0, 0.1) is 0 Å². The summed E-state index contributed by atoms with van der Waals surface area (Å²) in [4.78, 5) is 26.4. The summed E-state index contributed by atoms with van der Waals surface area (Å²) in [5.41, 5.74) is 0. The standard InChI is InChI=1S/C14H20N2O2S/c1-2-13(17)15-11-5-7-16(8-6-11)14(18)10-12-4-3-9-19-12/h3-4,9,11H,2,5-8,10H2,1H3,(H,15,17). The van der Waals surface area contributed by atoms with E-state index in [1.165, 1.54) is 0 Å². The fourth-order valence-electron chi connectivity index (χ4n) is 2.28. The van der Waals surface area contributed by atoms with Crippen molar-refractivity contribution in [2.45, 2.75) is 38.6 Å². The lowest BCUT2D eigenvalue weighted by molar-refractivity contribution is -0.131. The molecule has 0 unspecified atom stereocenters. The normalized spacial score (nSPS) is 16.4. The van der Waals surface area contributed by atoms with Crippen LogP contribution in [0.25, 0.3) is 0 Å². The number of thiophene rings is 1. The third-order valence-electron chi connectivity index (χ3n) is 3.44. The number of amides is 2. The van der Waals surface area contributed by atoms with E-state index in [9.17, 15) is 9.59 Å². The van der Waals surface area contributed by atoms with Crippen molar-refractivity contribution in [2.75, 3.05) is 13.1 Å². The number of nitrogens with one attached hydrogen (secondary N) is 1. The second kappa shape index (κ2) is 6.70. The molecule has 0 saturated carbocycles. The molecule has 2 heterocycles. The van der Waals surface area contributed by atoms with Gasteiger partial charge in [-0.05, 0) is 24.3 Å². The van der Waals surface area contributed by atoms with Crippen molar-refractivity contribution >= 4 is 23.2 Å². The number of hydrogen-bond donors (Lipinski definition) is 1. The Hall–Kier alpha value is -1.36. The maximum Gasteiger partial charge on any atom is 0.227 e. The van der Waals surface area contributed by atoms with E-state index in [0.717, 1.165) is 30.8 Å². The molecule has 19 heavy (non-hydrogen) atoms. The minimum atomic E-state index is 0.100. The van der Waals surface area contributed by atoms with Crippen molar-refractivity contribution in [3.63, 3.8) is 0 Å². The first-order valence-corrected chi connectivity index (χ1v) is 7.66. The Morgan fingerprint density at radius 2 is 2.16 bits per heavy atom. The van der Waals surface area contributed by atoms with Crippen LogP contribution in [0.1, 0.15) is 31.1 Å². The quantitative estimate of drug-likeness (QED) is 0.914. The first kappa shape index (κ1) is 14.1. The molecular formula is C14H20N2O2S. The van der Waals surface area contributed by atoms with Gasteiger partial charge >= 0.3 is 0 Å². The van der Waals surface area contributed by atoms with Crippen molar-refractivity contribution in [1.29, 1.82) is 0 Å². The minimum absolute atomic E-state index is 0.100. The van der Waals surface area contributed by atoms with Gasteiger partial charge in [0.05, 0.1) is 6.42 Å². The summed E-state index contributed by atoms with van der Waals surface area (Å²) >= 11 is 1.62. The van der Waals surface area contributed by atoms with Gasteiger partial charge in [0.15, 0.2) is 0 Å². The maximum absolute atomic E-state index is 12.1. The number of carbonyl (C=O) groups is 2. The largest absolute Gasteiger partial charge is 0.353 e. The highest BCUT2D eigenvalue weighted by atomic mass is 32.1. The number of rotatable bonds is 4. The first-order chi connectivity index (χ1) is 9.19. The van der Waals surface area contributed by atoms with Gasteiger partial charge in [-0.1, -0.05) is 13.0 Å². The molecule has 5 heteroatoms. The van der Waals surface area contributed by atoms with Crippen LogP contribution in [-0.4, -0.2) is 35.8 Å². The Bertz CT molecular complexity index is 423. The zero-order valence-electron chi connectivity index (χ0n) is 11.2. The Labute approximate surface area is 117 Å². The van der Waals surface area contributed by atoms with E-state index in [-0.39, 0.29) is 17.9 Å². The van der Waals surface area contributed by atoms with Crippen LogP contribution in [0.15, 0.2) is 17.5 Å². The average Bonchev–Trinajstić information content (AvgIpc) is 2.92. The molecule has 104 valence electrons. The predicted molar refractivity (Wildman–Crippen MR) is 76.1 cm³/mol. The lowest BCUT2D eigenvalue weighted by Gasteiger charge is -2.32. The van der Waals surface area contributed by atoms with Crippen LogP contribution in [0.4, 0.5) is 0 Å². The second-order valence-electron chi connectivity index (χ2n) is 4.83. The molecule has 2 amide bonds. The summed E-state index contributed by atoms with van der Waals surface area (Å²) in [6.45, 7) is 3.35. The molecule has 0 atom stereocenters. The third-order valence-corrected chi connectivity index (χ3v) is 4.32. The van der Waals surface area contributed by atoms with Crippen LogP contribution < -0.4 is 5.32 Å². The van der Waals surface area contributed by atoms with Gasteiger partial charge in [0, 0.05) is 30.4 Å². The van der Waals surface area contributed by atoms with E-state index in [2.05, 4.69) is 5.32 Å². The van der Waals surface area contributed by atoms with Gasteiger partial charge in [0.25, 0.3) is 0 Å². The van der Waals surface area contributed by atoms with Crippen LogP contribution >= 0.6 is 11.3 Å². The fraction of sp³-hybridized carbons (Fsp3) is 0.571. The topological polar surface area (TPSA) is 49.4 Å². The zero-order chi connectivity index (χ0) is 13.7. The van der Waals surface area contributed by atoms with Gasteiger partial charge in [-0.25, -0.2) is 0 Å². The zero-order valence-corrected chi connectivity index (χ0v) is 12.0. The summed E-state index contributed by atoms with van der Waals surface area (Å²) < 4.78 is 0. The second-order valence-corrected chi connectivity index (χ2v) is 5.86. The van der Waals surface area contributed by atoms with E-state index in [0.29, 0.717) is 12.8 Å². The molecule has 2 rings (SSSR count). The van der Waals surface area contributed by atoms with Gasteiger partial charge in [-0.3, -0.25) is 9.59 Å².